The first-order valence-corrected chi connectivity index (χ1v) is 7.92. The molecule has 1 heterocycles. The number of hydrogen-bond acceptors (Lipinski definition) is 5. The average Bonchev–Trinajstić information content (AvgIpc) is 2.55. The van der Waals surface area contributed by atoms with Crippen LogP contribution in [-0.2, 0) is 0 Å². The van der Waals surface area contributed by atoms with Crippen molar-refractivity contribution < 1.29 is 14.5 Å². The Bertz CT molecular complexity index is 568. The number of carbonyl (C=O) groups excluding carboxylic acids is 1. The third kappa shape index (κ3) is 4.19. The minimum absolute atomic E-state index is 0.154. The second-order valence-corrected chi connectivity index (χ2v) is 5.67. The molecule has 1 saturated heterocycles. The van der Waals surface area contributed by atoms with E-state index in [2.05, 4.69) is 5.32 Å². The molecule has 1 amide bonds. The van der Waals surface area contributed by atoms with Gasteiger partial charge < -0.3 is 15.0 Å². The molecule has 0 atom stereocenters. The summed E-state index contributed by atoms with van der Waals surface area (Å²) >= 11 is 0. The van der Waals surface area contributed by atoms with Crippen LogP contribution >= 0.6 is 0 Å². The molecular weight excluding hydrogens is 298 g/mol. The van der Waals surface area contributed by atoms with E-state index < -0.39 is 4.92 Å². The number of benzene rings is 1. The van der Waals surface area contributed by atoms with Gasteiger partial charge in [-0.05, 0) is 51.4 Å². The normalized spacial score (nSPS) is 15.5. The van der Waals surface area contributed by atoms with E-state index in [1.54, 1.807) is 17.9 Å². The fourth-order valence-electron chi connectivity index (χ4n) is 2.88. The van der Waals surface area contributed by atoms with Crippen LogP contribution in [0.25, 0.3) is 0 Å². The van der Waals surface area contributed by atoms with Crippen LogP contribution < -0.4 is 10.1 Å². The number of rotatable bonds is 6. The molecule has 7 nitrogen and oxygen atoms in total. The Morgan fingerprint density at radius 2 is 2.13 bits per heavy atom. The summed E-state index contributed by atoms with van der Waals surface area (Å²) in [5.74, 6) is 0.625. The topological polar surface area (TPSA) is 84.7 Å². The maximum Gasteiger partial charge on any atom is 0.311 e. The van der Waals surface area contributed by atoms with Crippen molar-refractivity contribution in [3.05, 3.63) is 33.9 Å². The van der Waals surface area contributed by atoms with Gasteiger partial charge in [-0.2, -0.15) is 0 Å². The second kappa shape index (κ2) is 7.92. The van der Waals surface area contributed by atoms with E-state index in [9.17, 15) is 14.9 Å². The SMILES string of the molecule is CCOc1ccc(C(=O)N2CCC(CNC)CC2)cc1[N+](=O)[O-]. The Kier molecular flexibility index (Phi) is 5.92. The van der Waals surface area contributed by atoms with E-state index in [1.807, 2.05) is 7.05 Å². The molecule has 1 N–H and O–H groups in total. The van der Waals surface area contributed by atoms with Crippen molar-refractivity contribution in [2.75, 3.05) is 33.3 Å². The number of nitrogens with zero attached hydrogens (tertiary/aromatic N) is 2. The standard InChI is InChI=1S/C16H23N3O4/c1-3-23-15-5-4-13(10-14(15)19(21)22)16(20)18-8-6-12(7-9-18)11-17-2/h4-5,10,12,17H,3,6-9,11H2,1-2H3. The number of nitrogens with one attached hydrogen (secondary N) is 1. The van der Waals surface area contributed by atoms with E-state index in [1.165, 1.54) is 12.1 Å². The highest BCUT2D eigenvalue weighted by Gasteiger charge is 2.25. The molecule has 0 saturated carbocycles. The van der Waals surface area contributed by atoms with Crippen LogP contribution in [0.4, 0.5) is 5.69 Å². The van der Waals surface area contributed by atoms with Crippen LogP contribution in [0.5, 0.6) is 5.75 Å². The molecule has 0 bridgehead atoms. The van der Waals surface area contributed by atoms with Gasteiger partial charge in [-0.3, -0.25) is 14.9 Å². The highest BCUT2D eigenvalue weighted by molar-refractivity contribution is 5.95. The molecule has 0 radical (unpaired) electrons. The van der Waals surface area contributed by atoms with E-state index in [-0.39, 0.29) is 17.3 Å². The molecule has 1 aromatic carbocycles. The molecule has 0 unspecified atom stereocenters. The van der Waals surface area contributed by atoms with Crippen LogP contribution in [0.3, 0.4) is 0 Å². The highest BCUT2D eigenvalue weighted by atomic mass is 16.6. The van der Waals surface area contributed by atoms with Crippen molar-refractivity contribution in [2.45, 2.75) is 19.8 Å². The molecule has 2 rings (SSSR count). The highest BCUT2D eigenvalue weighted by Crippen LogP contribution is 2.29. The summed E-state index contributed by atoms with van der Waals surface area (Å²) in [6.45, 7) is 4.43. The number of nitro benzene ring substituents is 1. The Balaban J connectivity index is 2.11. The first-order chi connectivity index (χ1) is 11.1. The number of hydrogen-bond donors (Lipinski definition) is 1. The summed E-state index contributed by atoms with van der Waals surface area (Å²) < 4.78 is 5.25. The largest absolute Gasteiger partial charge is 0.487 e. The van der Waals surface area contributed by atoms with Gasteiger partial charge in [0, 0.05) is 24.7 Å². The molecule has 1 aliphatic rings. The Morgan fingerprint density at radius 1 is 1.43 bits per heavy atom. The lowest BCUT2D eigenvalue weighted by molar-refractivity contribution is -0.385. The van der Waals surface area contributed by atoms with Crippen LogP contribution in [0.1, 0.15) is 30.1 Å². The maximum atomic E-state index is 12.6. The summed E-state index contributed by atoms with van der Waals surface area (Å²) in [7, 11) is 1.93. The summed E-state index contributed by atoms with van der Waals surface area (Å²) in [4.78, 5) is 25.0. The zero-order chi connectivity index (χ0) is 16.8. The predicted molar refractivity (Wildman–Crippen MR) is 86.8 cm³/mol. The molecular formula is C16H23N3O4. The van der Waals surface area contributed by atoms with Gasteiger partial charge in [0.1, 0.15) is 0 Å². The Hall–Kier alpha value is -2.15. The summed E-state index contributed by atoms with van der Waals surface area (Å²) in [5.41, 5.74) is 0.176. The second-order valence-electron chi connectivity index (χ2n) is 5.67. The van der Waals surface area contributed by atoms with Crippen LogP contribution in [0.15, 0.2) is 18.2 Å². The first-order valence-electron chi connectivity index (χ1n) is 7.92. The minimum atomic E-state index is -0.513. The average molecular weight is 321 g/mol. The summed E-state index contributed by atoms with van der Waals surface area (Å²) in [6.07, 6.45) is 1.90. The van der Waals surface area contributed by atoms with Crippen molar-refractivity contribution in [1.29, 1.82) is 0 Å². The number of likely N-dealkylation sites (tertiary alicyclic amines) is 1. The molecule has 7 heteroatoms. The van der Waals surface area contributed by atoms with Crippen molar-refractivity contribution in [1.82, 2.24) is 10.2 Å². The Morgan fingerprint density at radius 3 is 2.70 bits per heavy atom. The van der Waals surface area contributed by atoms with Crippen molar-refractivity contribution in [2.24, 2.45) is 5.92 Å². The van der Waals surface area contributed by atoms with E-state index in [0.717, 1.165) is 19.4 Å². The lowest BCUT2D eigenvalue weighted by atomic mass is 9.96. The zero-order valence-corrected chi connectivity index (χ0v) is 13.6. The Labute approximate surface area is 135 Å². The monoisotopic (exact) mass is 321 g/mol. The number of nitro groups is 1. The van der Waals surface area contributed by atoms with Crippen molar-refractivity contribution in [3.8, 4) is 5.75 Å². The van der Waals surface area contributed by atoms with Crippen molar-refractivity contribution in [3.63, 3.8) is 0 Å². The van der Waals surface area contributed by atoms with Crippen molar-refractivity contribution >= 4 is 11.6 Å². The van der Waals surface area contributed by atoms with Gasteiger partial charge in [0.05, 0.1) is 11.5 Å². The smallest absolute Gasteiger partial charge is 0.311 e. The molecule has 0 aliphatic carbocycles. The minimum Gasteiger partial charge on any atom is -0.487 e. The van der Waals surface area contributed by atoms with Gasteiger partial charge in [-0.1, -0.05) is 0 Å². The lowest BCUT2D eigenvalue weighted by Gasteiger charge is -2.32. The molecule has 1 aliphatic heterocycles. The van der Waals surface area contributed by atoms with E-state index in [0.29, 0.717) is 31.2 Å². The summed E-state index contributed by atoms with van der Waals surface area (Å²) in [6, 6.07) is 4.41. The quantitative estimate of drug-likeness (QED) is 0.640. The molecule has 126 valence electrons. The van der Waals surface area contributed by atoms with E-state index in [4.69, 9.17) is 4.74 Å². The van der Waals surface area contributed by atoms with Gasteiger partial charge in [-0.15, -0.1) is 0 Å². The molecule has 0 aromatic heterocycles. The van der Waals surface area contributed by atoms with E-state index >= 15 is 0 Å². The molecule has 23 heavy (non-hydrogen) atoms. The first kappa shape index (κ1) is 17.2. The summed E-state index contributed by atoms with van der Waals surface area (Å²) in [5, 5.41) is 14.3. The number of carbonyl (C=O) groups is 1. The van der Waals surface area contributed by atoms with Crippen LogP contribution in [0, 0.1) is 16.0 Å². The van der Waals surface area contributed by atoms with Gasteiger partial charge in [0.15, 0.2) is 5.75 Å². The fourth-order valence-corrected chi connectivity index (χ4v) is 2.88. The number of piperidine rings is 1. The van der Waals surface area contributed by atoms with Gasteiger partial charge in [0.25, 0.3) is 5.91 Å². The fraction of sp³-hybridized carbons (Fsp3) is 0.562. The third-order valence-electron chi connectivity index (χ3n) is 4.10. The zero-order valence-electron chi connectivity index (χ0n) is 13.6. The van der Waals surface area contributed by atoms with Crippen LogP contribution in [-0.4, -0.2) is 49.0 Å². The number of amides is 1. The number of ether oxygens (including phenoxy) is 1. The predicted octanol–water partition coefficient (Wildman–Crippen LogP) is 2.07. The van der Waals surface area contributed by atoms with Gasteiger partial charge in [-0.25, -0.2) is 0 Å². The van der Waals surface area contributed by atoms with Crippen LogP contribution in [0.2, 0.25) is 0 Å². The lowest BCUT2D eigenvalue weighted by Crippen LogP contribution is -2.40. The molecule has 1 aromatic rings. The van der Waals surface area contributed by atoms with Gasteiger partial charge in [0.2, 0.25) is 0 Å². The third-order valence-corrected chi connectivity index (χ3v) is 4.10. The van der Waals surface area contributed by atoms with Gasteiger partial charge >= 0.3 is 5.69 Å². The molecule has 1 fully saturated rings. The maximum absolute atomic E-state index is 12.6. The molecule has 0 spiro atoms.